The number of rotatable bonds is 13. The minimum Gasteiger partial charge on any atom is -0.508 e. The first-order chi connectivity index (χ1) is 22.1. The van der Waals surface area contributed by atoms with Gasteiger partial charge in [0.05, 0.1) is 0 Å². The molecule has 0 aliphatic carbocycles. The van der Waals surface area contributed by atoms with Gasteiger partial charge in [-0.15, -0.1) is 0 Å². The van der Waals surface area contributed by atoms with E-state index < -0.39 is 59.8 Å². The fourth-order valence-electron chi connectivity index (χ4n) is 4.52. The second-order valence-corrected chi connectivity index (χ2v) is 13.4. The van der Waals surface area contributed by atoms with Crippen LogP contribution >= 0.6 is 0 Å². The summed E-state index contributed by atoms with van der Waals surface area (Å²) in [6.45, 7) is 11.1. The molecule has 5 N–H and O–H groups in total. The predicted octanol–water partition coefficient (Wildman–Crippen LogP) is 4.28. The molecule has 0 bridgehead atoms. The summed E-state index contributed by atoms with van der Waals surface area (Å²) in [4.78, 5) is 64.2. The van der Waals surface area contributed by atoms with Gasteiger partial charge in [0.1, 0.15) is 41.4 Å². The summed E-state index contributed by atoms with van der Waals surface area (Å²) in [5.41, 5.74) is 0.311. The van der Waals surface area contributed by atoms with Crippen LogP contribution in [0, 0.1) is 12.7 Å². The lowest BCUT2D eigenvalue weighted by Gasteiger charge is -2.27. The lowest BCUT2D eigenvalue weighted by Crippen LogP contribution is -2.55. The van der Waals surface area contributed by atoms with Crippen molar-refractivity contribution in [2.75, 3.05) is 20.1 Å². The first-order valence-electron chi connectivity index (χ1n) is 15.5. The molecule has 0 fully saturated rings. The predicted molar refractivity (Wildman–Crippen MR) is 176 cm³/mol. The maximum absolute atomic E-state index is 13.9. The average Bonchev–Trinajstić information content (AvgIpc) is 2.94. The van der Waals surface area contributed by atoms with Gasteiger partial charge in [-0.25, -0.2) is 14.0 Å². The third-order valence-electron chi connectivity index (χ3n) is 6.70. The number of aliphatic carboxylic acids is 1. The van der Waals surface area contributed by atoms with Crippen molar-refractivity contribution in [3.8, 4) is 16.9 Å². The molecule has 14 heteroatoms. The first-order valence-corrected chi connectivity index (χ1v) is 15.5. The molecule has 2 rings (SSSR count). The zero-order chi connectivity index (χ0) is 36.4. The van der Waals surface area contributed by atoms with Gasteiger partial charge in [-0.2, -0.15) is 0 Å². The number of aromatic hydroxyl groups is 1. The number of nitrogens with one attached hydrogen (secondary N) is 3. The molecule has 2 aromatic carbocycles. The highest BCUT2D eigenvalue weighted by Gasteiger charge is 2.31. The topological polar surface area (TPSA) is 184 Å². The zero-order valence-electron chi connectivity index (χ0n) is 28.7. The lowest BCUT2D eigenvalue weighted by molar-refractivity contribution is -0.144. The van der Waals surface area contributed by atoms with Crippen LogP contribution in [0.5, 0.6) is 5.75 Å². The van der Waals surface area contributed by atoms with Gasteiger partial charge in [0, 0.05) is 20.0 Å². The number of carboxylic acid groups (broad SMARTS) is 1. The van der Waals surface area contributed by atoms with Gasteiger partial charge in [-0.1, -0.05) is 12.1 Å². The molecule has 0 saturated heterocycles. The highest BCUT2D eigenvalue weighted by atomic mass is 19.1. The fraction of sp³-hybridized carbons (Fsp3) is 0.500. The molecule has 4 amide bonds. The van der Waals surface area contributed by atoms with Crippen LogP contribution in [0.4, 0.5) is 14.0 Å². The molecular weight excluding hydrogens is 627 g/mol. The van der Waals surface area contributed by atoms with Gasteiger partial charge >= 0.3 is 18.2 Å². The van der Waals surface area contributed by atoms with E-state index in [2.05, 4.69) is 16.0 Å². The molecule has 2 atom stereocenters. The van der Waals surface area contributed by atoms with Crippen molar-refractivity contribution >= 4 is 30.0 Å². The van der Waals surface area contributed by atoms with Gasteiger partial charge in [0.15, 0.2) is 0 Å². The minimum atomic E-state index is -1.36. The van der Waals surface area contributed by atoms with Crippen molar-refractivity contribution in [3.63, 3.8) is 0 Å². The van der Waals surface area contributed by atoms with Crippen LogP contribution in [0.3, 0.4) is 0 Å². The quantitative estimate of drug-likeness (QED) is 0.194. The van der Waals surface area contributed by atoms with E-state index in [1.54, 1.807) is 72.7 Å². The number of carbonyl (C=O) groups excluding carboxylic acids is 4. The van der Waals surface area contributed by atoms with Gasteiger partial charge in [0.2, 0.25) is 11.8 Å². The summed E-state index contributed by atoms with van der Waals surface area (Å²) in [7, 11) is 1.27. The molecule has 48 heavy (non-hydrogen) atoms. The number of hydrogen-bond donors (Lipinski definition) is 5. The Bertz CT molecular complexity index is 1480. The van der Waals surface area contributed by atoms with Crippen molar-refractivity contribution in [3.05, 3.63) is 53.3 Å². The van der Waals surface area contributed by atoms with E-state index >= 15 is 0 Å². The number of phenolic OH excluding ortho intramolecular Hbond substituents is 1. The van der Waals surface area contributed by atoms with Crippen LogP contribution in [0.2, 0.25) is 0 Å². The maximum atomic E-state index is 13.9. The number of aryl methyl sites for hydroxylation is 1. The first kappa shape index (κ1) is 39.3. The largest absolute Gasteiger partial charge is 0.508 e. The number of carboxylic acids is 1. The highest BCUT2D eigenvalue weighted by molar-refractivity contribution is 5.92. The van der Waals surface area contributed by atoms with Crippen molar-refractivity contribution in [1.29, 1.82) is 0 Å². The Morgan fingerprint density at radius 3 is 2.04 bits per heavy atom. The number of likely N-dealkylation sites (N-methyl/N-ethyl adjacent to an activating group) is 1. The standard InChI is InChI=1S/C34H47FN4O9/c1-20-16-21(11-13-24(20)35)22-12-14-27(40)23(17-22)18-26(38-32(46)48-34(5,6)7)29(43)37-25(30(44)39(8)19-28(41)42)10-9-15-36-31(45)47-33(2,3)4/h11-14,16-17,25-26,40H,9-10,15,18-19H2,1-8H3,(H,36,45)(H,37,43)(H,38,46)(H,41,42)/t25-,26-/m0/s1. The van der Waals surface area contributed by atoms with Crippen molar-refractivity contribution in [2.45, 2.75) is 91.0 Å². The summed E-state index contributed by atoms with van der Waals surface area (Å²) < 4.78 is 24.5. The number of alkyl carbamates (subject to hydrolysis) is 2. The normalized spacial score (nSPS) is 12.7. The van der Waals surface area contributed by atoms with Crippen molar-refractivity contribution in [1.82, 2.24) is 20.9 Å². The summed E-state index contributed by atoms with van der Waals surface area (Å²) >= 11 is 0. The van der Waals surface area contributed by atoms with E-state index in [0.29, 0.717) is 16.7 Å². The van der Waals surface area contributed by atoms with E-state index in [0.717, 1.165) is 4.90 Å². The molecule has 0 heterocycles. The van der Waals surface area contributed by atoms with E-state index in [4.69, 9.17) is 9.47 Å². The molecular formula is C34H47FN4O9. The highest BCUT2D eigenvalue weighted by Crippen LogP contribution is 2.28. The molecule has 0 aliphatic heterocycles. The van der Waals surface area contributed by atoms with Crippen LogP contribution in [-0.4, -0.2) is 88.5 Å². The number of carbonyl (C=O) groups is 5. The van der Waals surface area contributed by atoms with Crippen LogP contribution in [0.25, 0.3) is 11.1 Å². The fourth-order valence-corrected chi connectivity index (χ4v) is 4.52. The number of phenols is 1. The van der Waals surface area contributed by atoms with E-state index in [1.165, 1.54) is 19.2 Å². The molecule has 264 valence electrons. The minimum absolute atomic E-state index is 0.00581. The Morgan fingerprint density at radius 2 is 1.46 bits per heavy atom. The van der Waals surface area contributed by atoms with Gasteiger partial charge < -0.3 is 40.5 Å². The number of hydrogen-bond acceptors (Lipinski definition) is 8. The summed E-state index contributed by atoms with van der Waals surface area (Å²) in [6, 6.07) is 6.56. The van der Waals surface area contributed by atoms with Crippen LogP contribution < -0.4 is 16.0 Å². The van der Waals surface area contributed by atoms with Crippen molar-refractivity contribution < 1.29 is 48.0 Å². The number of benzene rings is 2. The average molecular weight is 675 g/mol. The molecule has 2 aromatic rings. The van der Waals surface area contributed by atoms with Crippen LogP contribution in [0.15, 0.2) is 36.4 Å². The lowest BCUT2D eigenvalue weighted by atomic mass is 9.97. The molecule has 0 unspecified atom stereocenters. The number of ether oxygens (including phenoxy) is 2. The van der Waals surface area contributed by atoms with E-state index in [1.807, 2.05) is 0 Å². The Morgan fingerprint density at radius 1 is 0.875 bits per heavy atom. The Labute approximate surface area is 280 Å². The molecule has 0 spiro atoms. The summed E-state index contributed by atoms with van der Waals surface area (Å²) in [5, 5.41) is 27.6. The number of amides is 4. The van der Waals surface area contributed by atoms with Gasteiger partial charge in [-0.3, -0.25) is 14.4 Å². The second-order valence-electron chi connectivity index (χ2n) is 13.4. The van der Waals surface area contributed by atoms with Crippen molar-refractivity contribution in [2.24, 2.45) is 0 Å². The Hall–Kier alpha value is -4.88. The molecule has 0 aromatic heterocycles. The van der Waals surface area contributed by atoms with Gasteiger partial charge in [0.25, 0.3) is 0 Å². The second kappa shape index (κ2) is 16.8. The maximum Gasteiger partial charge on any atom is 0.408 e. The number of nitrogens with zero attached hydrogens (tertiary/aromatic N) is 1. The van der Waals surface area contributed by atoms with Crippen LogP contribution in [0.1, 0.15) is 65.5 Å². The molecule has 0 radical (unpaired) electrons. The van der Waals surface area contributed by atoms with Crippen LogP contribution in [-0.2, 0) is 30.3 Å². The van der Waals surface area contributed by atoms with Gasteiger partial charge in [-0.05, 0) is 108 Å². The van der Waals surface area contributed by atoms with E-state index in [-0.39, 0.29) is 42.9 Å². The number of halogens is 1. The molecule has 0 aliphatic rings. The molecule has 13 nitrogen and oxygen atoms in total. The third kappa shape index (κ3) is 13.5. The summed E-state index contributed by atoms with van der Waals surface area (Å²) in [5.74, 6) is -3.35. The SMILES string of the molecule is Cc1cc(-c2ccc(O)c(C[C@H](NC(=O)OC(C)(C)C)C(=O)N[C@@H](CCCNC(=O)OC(C)(C)C)C(=O)N(C)CC(=O)O)c2)ccc1F. The monoisotopic (exact) mass is 674 g/mol. The third-order valence-corrected chi connectivity index (χ3v) is 6.70. The Kier molecular flexibility index (Phi) is 13.8. The zero-order valence-corrected chi connectivity index (χ0v) is 28.7. The molecule has 0 saturated carbocycles. The Balaban J connectivity index is 2.37. The summed E-state index contributed by atoms with van der Waals surface area (Å²) in [6.07, 6.45) is -1.65. The van der Waals surface area contributed by atoms with E-state index in [9.17, 15) is 38.6 Å². The smallest absolute Gasteiger partial charge is 0.408 e.